The third-order valence-corrected chi connectivity index (χ3v) is 6.99. The molecule has 0 spiro atoms. The van der Waals surface area contributed by atoms with Crippen LogP contribution in [0.3, 0.4) is 0 Å². The molecule has 0 bridgehead atoms. The van der Waals surface area contributed by atoms with Gasteiger partial charge in [-0.2, -0.15) is 0 Å². The van der Waals surface area contributed by atoms with Gasteiger partial charge >= 0.3 is 0 Å². The van der Waals surface area contributed by atoms with Crippen LogP contribution in [0.1, 0.15) is 18.5 Å². The monoisotopic (exact) mass is 503 g/mol. The van der Waals surface area contributed by atoms with E-state index in [4.69, 9.17) is 21.3 Å². The first-order valence-corrected chi connectivity index (χ1v) is 12.4. The molecule has 1 unspecified atom stereocenters. The number of nitrogens with one attached hydrogen (secondary N) is 1. The summed E-state index contributed by atoms with van der Waals surface area (Å²) in [6.45, 7) is 1.71. The Morgan fingerprint density at radius 1 is 1.14 bits per heavy atom. The molecule has 8 heteroatoms. The normalized spacial score (nSPS) is 13.7. The van der Waals surface area contributed by atoms with E-state index in [1.807, 2.05) is 85.1 Å². The number of thiazole rings is 1. The number of aromatic nitrogens is 1. The predicted molar refractivity (Wildman–Crippen MR) is 139 cm³/mol. The van der Waals surface area contributed by atoms with Crippen LogP contribution in [0.2, 0.25) is 5.02 Å². The number of amides is 2. The average molecular weight is 504 g/mol. The van der Waals surface area contributed by atoms with Crippen molar-refractivity contribution in [2.24, 2.45) is 0 Å². The van der Waals surface area contributed by atoms with E-state index < -0.39 is 0 Å². The van der Waals surface area contributed by atoms with E-state index in [1.165, 1.54) is 16.2 Å². The van der Waals surface area contributed by atoms with Gasteiger partial charge < -0.3 is 10.1 Å². The van der Waals surface area contributed by atoms with Crippen molar-refractivity contribution in [2.75, 3.05) is 18.1 Å². The lowest BCUT2D eigenvalue weighted by molar-refractivity contribution is -0.125. The predicted octanol–water partition coefficient (Wildman–Crippen LogP) is 5.73. The van der Waals surface area contributed by atoms with Crippen molar-refractivity contribution in [3.8, 4) is 27.6 Å². The minimum atomic E-state index is -0.271. The second-order valence-electron chi connectivity index (χ2n) is 8.17. The SMILES string of the molecule is CC(NC(=O)CN1C(=O)COc2ccc(-c3csc(-c4ccccc4Cl)n3)cc21)c1ccccc1. The average Bonchev–Trinajstić information content (AvgIpc) is 3.36. The molecule has 2 heterocycles. The van der Waals surface area contributed by atoms with Crippen LogP contribution in [-0.2, 0) is 9.59 Å². The molecule has 1 aliphatic rings. The summed E-state index contributed by atoms with van der Waals surface area (Å²) in [5, 5.41) is 6.37. The van der Waals surface area contributed by atoms with Gasteiger partial charge in [0, 0.05) is 16.5 Å². The van der Waals surface area contributed by atoms with Gasteiger partial charge in [-0.15, -0.1) is 11.3 Å². The maximum absolute atomic E-state index is 12.8. The smallest absolute Gasteiger partial charge is 0.265 e. The Morgan fingerprint density at radius 3 is 2.71 bits per heavy atom. The highest BCUT2D eigenvalue weighted by Crippen LogP contribution is 2.38. The molecular weight excluding hydrogens is 482 g/mol. The fourth-order valence-electron chi connectivity index (χ4n) is 3.96. The summed E-state index contributed by atoms with van der Waals surface area (Å²) in [4.78, 5) is 31.8. The van der Waals surface area contributed by atoms with Gasteiger partial charge in [0.25, 0.3) is 5.91 Å². The number of anilines is 1. The van der Waals surface area contributed by atoms with Crippen molar-refractivity contribution in [1.82, 2.24) is 10.3 Å². The molecule has 0 radical (unpaired) electrons. The van der Waals surface area contributed by atoms with Gasteiger partial charge in [-0.25, -0.2) is 4.98 Å². The van der Waals surface area contributed by atoms with Crippen LogP contribution in [0.5, 0.6) is 5.75 Å². The molecule has 35 heavy (non-hydrogen) atoms. The van der Waals surface area contributed by atoms with Crippen LogP contribution >= 0.6 is 22.9 Å². The maximum atomic E-state index is 12.8. The van der Waals surface area contributed by atoms with E-state index in [9.17, 15) is 9.59 Å². The molecule has 2 amide bonds. The lowest BCUT2D eigenvalue weighted by Gasteiger charge is -2.29. The Hall–Kier alpha value is -3.68. The van der Waals surface area contributed by atoms with Crippen molar-refractivity contribution >= 4 is 40.4 Å². The molecule has 1 aromatic heterocycles. The molecule has 1 N–H and O–H groups in total. The summed E-state index contributed by atoms with van der Waals surface area (Å²) >= 11 is 7.83. The van der Waals surface area contributed by atoms with Gasteiger partial charge in [-0.3, -0.25) is 14.5 Å². The highest BCUT2D eigenvalue weighted by Gasteiger charge is 2.28. The van der Waals surface area contributed by atoms with Gasteiger partial charge in [-0.05, 0) is 36.8 Å². The largest absolute Gasteiger partial charge is 0.482 e. The molecule has 176 valence electrons. The van der Waals surface area contributed by atoms with Crippen LogP contribution < -0.4 is 15.0 Å². The first-order valence-electron chi connectivity index (χ1n) is 11.1. The Kier molecular flexibility index (Phi) is 6.53. The summed E-state index contributed by atoms with van der Waals surface area (Å²) in [5.74, 6) is 0.0358. The van der Waals surface area contributed by atoms with Crippen molar-refractivity contribution in [3.05, 3.63) is 88.8 Å². The zero-order valence-corrected chi connectivity index (χ0v) is 20.5. The van der Waals surface area contributed by atoms with Gasteiger partial charge in [0.15, 0.2) is 6.61 Å². The molecule has 1 atom stereocenters. The van der Waals surface area contributed by atoms with Gasteiger partial charge in [0.2, 0.25) is 5.91 Å². The standard InChI is InChI=1S/C27H22ClN3O3S/c1-17(18-7-3-2-4-8-18)29-25(32)14-31-23-13-19(11-12-24(23)34-15-26(31)33)22-16-35-27(30-22)20-9-5-6-10-21(20)28/h2-13,16-17H,14-15H2,1H3,(H,29,32). The summed E-state index contributed by atoms with van der Waals surface area (Å²) in [6.07, 6.45) is 0. The number of halogens is 1. The number of carbonyl (C=O) groups is 2. The van der Waals surface area contributed by atoms with Crippen molar-refractivity contribution in [3.63, 3.8) is 0 Å². The Bertz CT molecular complexity index is 1390. The van der Waals surface area contributed by atoms with E-state index in [0.717, 1.165) is 27.4 Å². The highest BCUT2D eigenvalue weighted by molar-refractivity contribution is 7.13. The molecule has 5 rings (SSSR count). The summed E-state index contributed by atoms with van der Waals surface area (Å²) in [6, 6.07) is 22.6. The van der Waals surface area contributed by atoms with Crippen molar-refractivity contribution in [2.45, 2.75) is 13.0 Å². The van der Waals surface area contributed by atoms with Crippen LogP contribution in [0, 0.1) is 0 Å². The van der Waals surface area contributed by atoms with E-state index in [0.29, 0.717) is 16.5 Å². The Balaban J connectivity index is 1.38. The molecule has 0 saturated carbocycles. The zero-order valence-electron chi connectivity index (χ0n) is 18.9. The summed E-state index contributed by atoms with van der Waals surface area (Å²) in [5.41, 5.74) is 3.99. The number of benzene rings is 3. The Morgan fingerprint density at radius 2 is 1.91 bits per heavy atom. The molecule has 3 aromatic carbocycles. The third kappa shape index (κ3) is 4.92. The van der Waals surface area contributed by atoms with E-state index in [1.54, 1.807) is 0 Å². The van der Waals surface area contributed by atoms with Crippen LogP contribution in [0.15, 0.2) is 78.2 Å². The lowest BCUT2D eigenvalue weighted by atomic mass is 10.1. The Labute approximate surface area is 212 Å². The maximum Gasteiger partial charge on any atom is 0.265 e. The molecule has 4 aromatic rings. The minimum Gasteiger partial charge on any atom is -0.482 e. The van der Waals surface area contributed by atoms with E-state index in [-0.39, 0.29) is 31.0 Å². The van der Waals surface area contributed by atoms with Crippen LogP contribution in [-0.4, -0.2) is 29.9 Å². The first kappa shape index (κ1) is 23.1. The molecule has 0 fully saturated rings. The van der Waals surface area contributed by atoms with Gasteiger partial charge in [0.1, 0.15) is 17.3 Å². The highest BCUT2D eigenvalue weighted by atomic mass is 35.5. The quantitative estimate of drug-likeness (QED) is 0.364. The van der Waals surface area contributed by atoms with Crippen LogP contribution in [0.4, 0.5) is 5.69 Å². The molecule has 1 aliphatic heterocycles. The number of fused-ring (bicyclic) bond motifs is 1. The van der Waals surface area contributed by atoms with Crippen molar-refractivity contribution in [1.29, 1.82) is 0 Å². The van der Waals surface area contributed by atoms with Gasteiger partial charge in [-0.1, -0.05) is 60.1 Å². The lowest BCUT2D eigenvalue weighted by Crippen LogP contribution is -2.45. The van der Waals surface area contributed by atoms with E-state index >= 15 is 0 Å². The number of hydrogen-bond donors (Lipinski definition) is 1. The van der Waals surface area contributed by atoms with E-state index in [2.05, 4.69) is 5.32 Å². The number of rotatable bonds is 6. The van der Waals surface area contributed by atoms with Crippen LogP contribution in [0.25, 0.3) is 21.8 Å². The second-order valence-corrected chi connectivity index (χ2v) is 9.43. The molecule has 0 saturated heterocycles. The minimum absolute atomic E-state index is 0.0994. The fraction of sp³-hybridized carbons (Fsp3) is 0.148. The second kappa shape index (κ2) is 9.90. The fourth-order valence-corrected chi connectivity index (χ4v) is 5.10. The third-order valence-electron chi connectivity index (χ3n) is 5.78. The molecular formula is C27H22ClN3O3S. The summed E-state index contributed by atoms with van der Waals surface area (Å²) < 4.78 is 5.62. The van der Waals surface area contributed by atoms with Crippen molar-refractivity contribution < 1.29 is 14.3 Å². The summed E-state index contributed by atoms with van der Waals surface area (Å²) in [7, 11) is 0. The van der Waals surface area contributed by atoms with Gasteiger partial charge in [0.05, 0.1) is 22.4 Å². The topological polar surface area (TPSA) is 71.5 Å². The zero-order chi connectivity index (χ0) is 24.4. The molecule has 6 nitrogen and oxygen atoms in total. The first-order chi connectivity index (χ1) is 17.0. The molecule has 0 aliphatic carbocycles. The number of nitrogens with zero attached hydrogens (tertiary/aromatic N) is 2. The number of ether oxygens (including phenoxy) is 1. The number of carbonyl (C=O) groups excluding carboxylic acids is 2. The number of hydrogen-bond acceptors (Lipinski definition) is 5.